The average molecular weight is 331 g/mol. The molecule has 1 aromatic carbocycles. The zero-order chi connectivity index (χ0) is 17.3. The molecule has 1 fully saturated rings. The highest BCUT2D eigenvalue weighted by Crippen LogP contribution is 2.32. The van der Waals surface area contributed by atoms with Crippen LogP contribution in [0.5, 0.6) is 0 Å². The van der Waals surface area contributed by atoms with Gasteiger partial charge in [-0.3, -0.25) is 4.90 Å². The molecule has 3 rings (SSSR count). The summed E-state index contributed by atoms with van der Waals surface area (Å²) in [5.41, 5.74) is 6.04. The van der Waals surface area contributed by atoms with Crippen LogP contribution < -0.4 is 5.73 Å². The van der Waals surface area contributed by atoms with E-state index in [0.717, 1.165) is 13.1 Å². The summed E-state index contributed by atoms with van der Waals surface area (Å²) in [5.74, 6) is -1.32. The van der Waals surface area contributed by atoms with Gasteiger partial charge in [0.2, 0.25) is 0 Å². The fourth-order valence-corrected chi connectivity index (χ4v) is 3.42. The predicted octanol–water partition coefficient (Wildman–Crippen LogP) is 1.18. The van der Waals surface area contributed by atoms with E-state index in [1.807, 2.05) is 11.9 Å². The van der Waals surface area contributed by atoms with Crippen molar-refractivity contribution in [2.75, 3.05) is 33.2 Å². The fourth-order valence-electron chi connectivity index (χ4n) is 3.42. The standard InChI is InChI=1S/C18H22FN3O2/c1-21-8-10-22(11-9-21)18(17(23)24)7-6-13(12-16(18)20)14-4-2-3-5-15(14)19/h2-7,12,16H,8-11,20H2,1H3,(H,23,24). The number of benzene rings is 1. The minimum absolute atomic E-state index is 0.344. The maximum atomic E-state index is 14.0. The Balaban J connectivity index is 1.93. The van der Waals surface area contributed by atoms with Gasteiger partial charge in [-0.1, -0.05) is 36.4 Å². The van der Waals surface area contributed by atoms with E-state index in [0.29, 0.717) is 24.2 Å². The van der Waals surface area contributed by atoms with Crippen molar-refractivity contribution in [3.05, 3.63) is 53.9 Å². The van der Waals surface area contributed by atoms with E-state index >= 15 is 0 Å². The van der Waals surface area contributed by atoms with Gasteiger partial charge in [0.15, 0.2) is 5.54 Å². The number of nitrogens with zero attached hydrogens (tertiary/aromatic N) is 2. The van der Waals surface area contributed by atoms with Crippen LogP contribution in [0, 0.1) is 5.82 Å². The van der Waals surface area contributed by atoms with Gasteiger partial charge in [0.1, 0.15) is 5.82 Å². The van der Waals surface area contributed by atoms with Gasteiger partial charge >= 0.3 is 5.97 Å². The second kappa shape index (κ2) is 6.47. The van der Waals surface area contributed by atoms with Crippen LogP contribution >= 0.6 is 0 Å². The van der Waals surface area contributed by atoms with Crippen LogP contribution in [0.1, 0.15) is 5.56 Å². The molecule has 0 saturated carbocycles. The molecule has 1 aromatic rings. The molecule has 3 N–H and O–H groups in total. The Morgan fingerprint density at radius 1 is 1.29 bits per heavy atom. The Labute approximate surface area is 140 Å². The van der Waals surface area contributed by atoms with Crippen LogP contribution in [0.25, 0.3) is 5.57 Å². The van der Waals surface area contributed by atoms with Crippen LogP contribution in [0.2, 0.25) is 0 Å². The molecule has 5 nitrogen and oxygen atoms in total. The van der Waals surface area contributed by atoms with Gasteiger partial charge in [0.05, 0.1) is 6.04 Å². The molecule has 1 aliphatic heterocycles. The SMILES string of the molecule is CN1CCN(C2(C(=O)O)C=CC(c3ccccc3F)=CC2N)CC1. The highest BCUT2D eigenvalue weighted by Gasteiger charge is 2.48. The molecule has 0 amide bonds. The lowest BCUT2D eigenvalue weighted by Gasteiger charge is -2.46. The van der Waals surface area contributed by atoms with Gasteiger partial charge in [-0.15, -0.1) is 0 Å². The number of likely N-dealkylation sites (N-methyl/N-ethyl adjacent to an activating group) is 1. The summed E-state index contributed by atoms with van der Waals surface area (Å²) in [6.45, 7) is 2.84. The number of allylic oxidation sites excluding steroid dienone is 2. The van der Waals surface area contributed by atoms with Crippen molar-refractivity contribution in [1.29, 1.82) is 0 Å². The maximum absolute atomic E-state index is 14.0. The summed E-state index contributed by atoms with van der Waals surface area (Å²) in [4.78, 5) is 16.2. The molecule has 2 aliphatic rings. The fraction of sp³-hybridized carbons (Fsp3) is 0.389. The molecule has 0 aromatic heterocycles. The van der Waals surface area contributed by atoms with Crippen LogP contribution in [-0.4, -0.2) is 65.7 Å². The molecule has 1 saturated heterocycles. The van der Waals surface area contributed by atoms with Crippen LogP contribution in [0.15, 0.2) is 42.5 Å². The number of aliphatic carboxylic acids is 1. The summed E-state index contributed by atoms with van der Waals surface area (Å²) in [7, 11) is 2.01. The molecule has 1 aliphatic carbocycles. The number of nitrogens with two attached hydrogens (primary N) is 1. The van der Waals surface area contributed by atoms with Crippen molar-refractivity contribution in [3.8, 4) is 0 Å². The maximum Gasteiger partial charge on any atom is 0.330 e. The second-order valence-corrected chi connectivity index (χ2v) is 6.38. The number of carboxylic acids is 1. The molecular formula is C18H22FN3O2. The van der Waals surface area contributed by atoms with E-state index in [1.54, 1.807) is 36.4 Å². The summed E-state index contributed by atoms with van der Waals surface area (Å²) in [6.07, 6.45) is 4.95. The molecule has 2 unspecified atom stereocenters. The third-order valence-corrected chi connectivity index (χ3v) is 4.94. The molecule has 6 heteroatoms. The van der Waals surface area contributed by atoms with Crippen molar-refractivity contribution in [3.63, 3.8) is 0 Å². The van der Waals surface area contributed by atoms with Gasteiger partial charge in [-0.2, -0.15) is 0 Å². The van der Waals surface area contributed by atoms with Crippen LogP contribution in [-0.2, 0) is 4.79 Å². The van der Waals surface area contributed by atoms with Crippen LogP contribution in [0.4, 0.5) is 4.39 Å². The molecule has 2 atom stereocenters. The highest BCUT2D eigenvalue weighted by molar-refractivity contribution is 5.88. The summed E-state index contributed by atoms with van der Waals surface area (Å²) >= 11 is 0. The number of hydrogen-bond acceptors (Lipinski definition) is 4. The minimum Gasteiger partial charge on any atom is -0.480 e. The molecular weight excluding hydrogens is 309 g/mol. The van der Waals surface area contributed by atoms with Crippen LogP contribution in [0.3, 0.4) is 0 Å². The molecule has 0 spiro atoms. The van der Waals surface area contributed by atoms with Gasteiger partial charge < -0.3 is 15.7 Å². The Morgan fingerprint density at radius 2 is 1.96 bits per heavy atom. The van der Waals surface area contributed by atoms with E-state index in [2.05, 4.69) is 4.90 Å². The first kappa shape index (κ1) is 16.8. The van der Waals surface area contributed by atoms with E-state index in [4.69, 9.17) is 5.73 Å². The Kier molecular flexibility index (Phi) is 4.54. The van der Waals surface area contributed by atoms with Crippen molar-refractivity contribution >= 4 is 11.5 Å². The largest absolute Gasteiger partial charge is 0.480 e. The third kappa shape index (κ3) is 2.77. The first-order chi connectivity index (χ1) is 11.4. The monoisotopic (exact) mass is 331 g/mol. The Bertz CT molecular complexity index is 695. The predicted molar refractivity (Wildman–Crippen MR) is 90.9 cm³/mol. The lowest BCUT2D eigenvalue weighted by atomic mass is 9.81. The highest BCUT2D eigenvalue weighted by atomic mass is 19.1. The first-order valence-corrected chi connectivity index (χ1v) is 8.03. The molecule has 128 valence electrons. The number of hydrogen-bond donors (Lipinski definition) is 2. The second-order valence-electron chi connectivity index (χ2n) is 6.38. The minimum atomic E-state index is -1.28. The van der Waals surface area contributed by atoms with Crippen molar-refractivity contribution in [2.24, 2.45) is 5.73 Å². The summed E-state index contributed by atoms with van der Waals surface area (Å²) in [5, 5.41) is 9.90. The summed E-state index contributed by atoms with van der Waals surface area (Å²) < 4.78 is 14.0. The van der Waals surface area contributed by atoms with E-state index in [1.165, 1.54) is 6.07 Å². The smallest absolute Gasteiger partial charge is 0.330 e. The van der Waals surface area contributed by atoms with E-state index < -0.39 is 17.6 Å². The van der Waals surface area contributed by atoms with Gasteiger partial charge in [-0.05, 0) is 18.7 Å². The lowest BCUT2D eigenvalue weighted by Crippen LogP contribution is -2.67. The number of rotatable bonds is 3. The lowest BCUT2D eigenvalue weighted by molar-refractivity contribution is -0.150. The number of piperazine rings is 1. The Hall–Kier alpha value is -2.02. The van der Waals surface area contributed by atoms with E-state index in [9.17, 15) is 14.3 Å². The number of carbonyl (C=O) groups is 1. The zero-order valence-corrected chi connectivity index (χ0v) is 13.7. The number of carboxylic acid groups (broad SMARTS) is 1. The number of halogens is 1. The molecule has 24 heavy (non-hydrogen) atoms. The van der Waals surface area contributed by atoms with Gasteiger partial charge in [0.25, 0.3) is 0 Å². The quantitative estimate of drug-likeness (QED) is 0.870. The van der Waals surface area contributed by atoms with E-state index in [-0.39, 0.29) is 5.82 Å². The van der Waals surface area contributed by atoms with Gasteiger partial charge in [-0.25, -0.2) is 9.18 Å². The molecule has 0 radical (unpaired) electrons. The van der Waals surface area contributed by atoms with Crippen molar-refractivity contribution < 1.29 is 14.3 Å². The topological polar surface area (TPSA) is 69.8 Å². The summed E-state index contributed by atoms with van der Waals surface area (Å²) in [6, 6.07) is 5.67. The molecule has 1 heterocycles. The first-order valence-electron chi connectivity index (χ1n) is 8.03. The third-order valence-electron chi connectivity index (χ3n) is 4.94. The van der Waals surface area contributed by atoms with Crippen molar-refractivity contribution in [2.45, 2.75) is 11.6 Å². The average Bonchev–Trinajstić information content (AvgIpc) is 2.56. The van der Waals surface area contributed by atoms with Crippen molar-refractivity contribution in [1.82, 2.24) is 9.80 Å². The normalized spacial score (nSPS) is 28.6. The molecule has 0 bridgehead atoms. The van der Waals surface area contributed by atoms with Gasteiger partial charge in [0, 0.05) is 31.7 Å². The Morgan fingerprint density at radius 3 is 2.54 bits per heavy atom. The zero-order valence-electron chi connectivity index (χ0n) is 13.7.